The summed E-state index contributed by atoms with van der Waals surface area (Å²) >= 11 is 0. The molecule has 1 atom stereocenters. The number of hydrogen-bond acceptors (Lipinski definition) is 2. The molecule has 2 nitrogen and oxygen atoms in total. The van der Waals surface area contributed by atoms with Gasteiger partial charge in [0.15, 0.2) is 0 Å². The highest BCUT2D eigenvalue weighted by Crippen LogP contribution is 2.00. The molecule has 0 bridgehead atoms. The zero-order valence-electron chi connectivity index (χ0n) is 8.64. The Labute approximate surface area is 76.3 Å². The van der Waals surface area contributed by atoms with E-state index in [9.17, 15) is 0 Å². The standard InChI is InChI=1S/C10H22O2/c1-4-7-11-9-10(6-3)12-8-5-2/h10H,4-9H2,1-3H3. The molecule has 0 aromatic heterocycles. The minimum atomic E-state index is 0.302. The van der Waals surface area contributed by atoms with Gasteiger partial charge in [-0.05, 0) is 19.3 Å². The van der Waals surface area contributed by atoms with E-state index >= 15 is 0 Å². The Balaban J connectivity index is 3.26. The third kappa shape index (κ3) is 6.62. The normalized spacial score (nSPS) is 13.2. The van der Waals surface area contributed by atoms with Gasteiger partial charge in [0.1, 0.15) is 0 Å². The first-order valence-electron chi connectivity index (χ1n) is 5.04. The summed E-state index contributed by atoms with van der Waals surface area (Å²) in [6.45, 7) is 8.84. The van der Waals surface area contributed by atoms with Crippen molar-refractivity contribution in [3.63, 3.8) is 0 Å². The Morgan fingerprint density at radius 2 is 1.67 bits per heavy atom. The fraction of sp³-hybridized carbons (Fsp3) is 1.00. The van der Waals surface area contributed by atoms with Gasteiger partial charge in [0.25, 0.3) is 0 Å². The molecule has 0 aliphatic carbocycles. The van der Waals surface area contributed by atoms with Gasteiger partial charge >= 0.3 is 0 Å². The highest BCUT2D eigenvalue weighted by Gasteiger charge is 2.04. The molecule has 0 amide bonds. The smallest absolute Gasteiger partial charge is 0.0805 e. The molecule has 0 rings (SSSR count). The first-order valence-corrected chi connectivity index (χ1v) is 5.04. The molecule has 0 heterocycles. The molecule has 0 N–H and O–H groups in total. The SMILES string of the molecule is CCCOCC(CC)OCCC. The Bertz CT molecular complexity index is 83.9. The molecule has 12 heavy (non-hydrogen) atoms. The fourth-order valence-corrected chi connectivity index (χ4v) is 0.927. The van der Waals surface area contributed by atoms with Crippen molar-refractivity contribution in [2.75, 3.05) is 19.8 Å². The Morgan fingerprint density at radius 1 is 1.00 bits per heavy atom. The highest BCUT2D eigenvalue weighted by atomic mass is 16.5. The van der Waals surface area contributed by atoms with Crippen LogP contribution in [0.2, 0.25) is 0 Å². The minimum absolute atomic E-state index is 0.302. The second-order valence-corrected chi connectivity index (χ2v) is 2.98. The van der Waals surface area contributed by atoms with Gasteiger partial charge in [-0.1, -0.05) is 20.8 Å². The van der Waals surface area contributed by atoms with Crippen LogP contribution in [-0.4, -0.2) is 25.9 Å². The van der Waals surface area contributed by atoms with Gasteiger partial charge in [0.2, 0.25) is 0 Å². The zero-order valence-corrected chi connectivity index (χ0v) is 8.64. The molecular formula is C10H22O2. The van der Waals surface area contributed by atoms with Crippen molar-refractivity contribution in [2.45, 2.75) is 46.1 Å². The predicted molar refractivity (Wildman–Crippen MR) is 51.4 cm³/mol. The number of rotatable bonds is 8. The van der Waals surface area contributed by atoms with E-state index < -0.39 is 0 Å². The predicted octanol–water partition coefficient (Wildman–Crippen LogP) is 2.62. The summed E-state index contributed by atoms with van der Waals surface area (Å²) in [4.78, 5) is 0. The maximum atomic E-state index is 5.56. The Morgan fingerprint density at radius 3 is 2.17 bits per heavy atom. The molecule has 0 aliphatic heterocycles. The van der Waals surface area contributed by atoms with E-state index in [-0.39, 0.29) is 0 Å². The molecule has 2 heteroatoms. The lowest BCUT2D eigenvalue weighted by molar-refractivity contribution is -0.0176. The lowest BCUT2D eigenvalue weighted by atomic mass is 10.3. The van der Waals surface area contributed by atoms with E-state index in [0.29, 0.717) is 6.10 Å². The van der Waals surface area contributed by atoms with E-state index in [1.807, 2.05) is 0 Å². The van der Waals surface area contributed by atoms with Crippen molar-refractivity contribution in [1.82, 2.24) is 0 Å². The molecule has 0 saturated heterocycles. The molecule has 74 valence electrons. The maximum absolute atomic E-state index is 5.56. The zero-order chi connectivity index (χ0) is 9.23. The van der Waals surface area contributed by atoms with Crippen LogP contribution in [0.5, 0.6) is 0 Å². The maximum Gasteiger partial charge on any atom is 0.0805 e. The van der Waals surface area contributed by atoms with Gasteiger partial charge in [-0.25, -0.2) is 0 Å². The van der Waals surface area contributed by atoms with Crippen molar-refractivity contribution < 1.29 is 9.47 Å². The average Bonchev–Trinajstić information content (AvgIpc) is 2.11. The van der Waals surface area contributed by atoms with Crippen molar-refractivity contribution in [1.29, 1.82) is 0 Å². The highest BCUT2D eigenvalue weighted by molar-refractivity contribution is 4.52. The van der Waals surface area contributed by atoms with Gasteiger partial charge in [0.05, 0.1) is 12.7 Å². The third-order valence-electron chi connectivity index (χ3n) is 1.67. The Hall–Kier alpha value is -0.0800. The van der Waals surface area contributed by atoms with Crippen molar-refractivity contribution in [3.8, 4) is 0 Å². The summed E-state index contributed by atoms with van der Waals surface area (Å²) < 4.78 is 11.0. The van der Waals surface area contributed by atoms with E-state index in [4.69, 9.17) is 9.47 Å². The molecule has 0 aromatic carbocycles. The average molecular weight is 174 g/mol. The summed E-state index contributed by atoms with van der Waals surface area (Å²) in [5.41, 5.74) is 0. The molecule has 0 fully saturated rings. The minimum Gasteiger partial charge on any atom is -0.379 e. The monoisotopic (exact) mass is 174 g/mol. The summed E-state index contributed by atoms with van der Waals surface area (Å²) in [5.74, 6) is 0. The van der Waals surface area contributed by atoms with Crippen LogP contribution in [0.4, 0.5) is 0 Å². The van der Waals surface area contributed by atoms with Gasteiger partial charge in [0, 0.05) is 13.2 Å². The van der Waals surface area contributed by atoms with Crippen LogP contribution in [0.25, 0.3) is 0 Å². The van der Waals surface area contributed by atoms with Crippen LogP contribution in [-0.2, 0) is 9.47 Å². The molecular weight excluding hydrogens is 152 g/mol. The fourth-order valence-electron chi connectivity index (χ4n) is 0.927. The van der Waals surface area contributed by atoms with E-state index in [0.717, 1.165) is 39.1 Å². The first kappa shape index (κ1) is 11.9. The van der Waals surface area contributed by atoms with Crippen LogP contribution in [0.15, 0.2) is 0 Å². The van der Waals surface area contributed by atoms with Crippen molar-refractivity contribution in [2.24, 2.45) is 0 Å². The van der Waals surface area contributed by atoms with Crippen LogP contribution < -0.4 is 0 Å². The molecule has 1 unspecified atom stereocenters. The second kappa shape index (κ2) is 9.01. The van der Waals surface area contributed by atoms with E-state index in [1.54, 1.807) is 0 Å². The van der Waals surface area contributed by atoms with Gasteiger partial charge < -0.3 is 9.47 Å². The van der Waals surface area contributed by atoms with Crippen LogP contribution in [0.1, 0.15) is 40.0 Å². The summed E-state index contributed by atoms with van der Waals surface area (Å²) in [7, 11) is 0. The lowest BCUT2D eigenvalue weighted by Gasteiger charge is -2.15. The largest absolute Gasteiger partial charge is 0.379 e. The molecule has 0 spiro atoms. The van der Waals surface area contributed by atoms with Crippen molar-refractivity contribution in [3.05, 3.63) is 0 Å². The topological polar surface area (TPSA) is 18.5 Å². The number of ether oxygens (including phenoxy) is 2. The molecule has 0 radical (unpaired) electrons. The van der Waals surface area contributed by atoms with Gasteiger partial charge in [-0.15, -0.1) is 0 Å². The third-order valence-corrected chi connectivity index (χ3v) is 1.67. The summed E-state index contributed by atoms with van der Waals surface area (Å²) in [5, 5.41) is 0. The van der Waals surface area contributed by atoms with Gasteiger partial charge in [-0.2, -0.15) is 0 Å². The number of hydrogen-bond donors (Lipinski definition) is 0. The van der Waals surface area contributed by atoms with Crippen LogP contribution in [0, 0.1) is 0 Å². The lowest BCUT2D eigenvalue weighted by Crippen LogP contribution is -2.19. The van der Waals surface area contributed by atoms with E-state index in [2.05, 4.69) is 20.8 Å². The van der Waals surface area contributed by atoms with Gasteiger partial charge in [-0.3, -0.25) is 0 Å². The Kier molecular flexibility index (Phi) is 8.95. The van der Waals surface area contributed by atoms with Crippen molar-refractivity contribution >= 4 is 0 Å². The van der Waals surface area contributed by atoms with Crippen LogP contribution in [0.3, 0.4) is 0 Å². The van der Waals surface area contributed by atoms with Crippen LogP contribution >= 0.6 is 0 Å². The first-order chi connectivity index (χ1) is 5.85. The second-order valence-electron chi connectivity index (χ2n) is 2.98. The molecule has 0 aliphatic rings. The quantitative estimate of drug-likeness (QED) is 0.527. The summed E-state index contributed by atoms with van der Waals surface area (Å²) in [6, 6.07) is 0. The molecule has 0 saturated carbocycles. The summed E-state index contributed by atoms with van der Waals surface area (Å²) in [6.07, 6.45) is 3.52. The van der Waals surface area contributed by atoms with E-state index in [1.165, 1.54) is 0 Å². The molecule has 0 aromatic rings.